The zero-order chi connectivity index (χ0) is 10.7. The second-order valence-electron chi connectivity index (χ2n) is 3.02. The van der Waals surface area contributed by atoms with Gasteiger partial charge in [-0.05, 0) is 6.42 Å². The Labute approximate surface area is 98.0 Å². The number of halogens is 2. The SMILES string of the molecule is Clc1cc(Cl)nc(C2=CCC=CC=C2)n1. The van der Waals surface area contributed by atoms with E-state index in [-0.39, 0.29) is 0 Å². The Morgan fingerprint density at radius 3 is 2.53 bits per heavy atom. The summed E-state index contributed by atoms with van der Waals surface area (Å²) in [4.78, 5) is 8.24. The molecule has 1 aliphatic carbocycles. The van der Waals surface area contributed by atoms with Crippen LogP contribution in [0, 0.1) is 0 Å². The Morgan fingerprint density at radius 1 is 1.07 bits per heavy atom. The Hall–Kier alpha value is -1.12. The van der Waals surface area contributed by atoms with E-state index in [4.69, 9.17) is 23.2 Å². The first-order valence-electron chi connectivity index (χ1n) is 4.49. The summed E-state index contributed by atoms with van der Waals surface area (Å²) >= 11 is 11.6. The number of nitrogens with zero attached hydrogens (tertiary/aromatic N) is 2. The molecule has 2 rings (SSSR count). The van der Waals surface area contributed by atoms with Crippen molar-refractivity contribution in [2.24, 2.45) is 0 Å². The molecule has 4 heteroatoms. The van der Waals surface area contributed by atoms with Gasteiger partial charge < -0.3 is 0 Å². The van der Waals surface area contributed by atoms with E-state index in [1.807, 2.05) is 24.3 Å². The molecule has 1 aliphatic rings. The zero-order valence-electron chi connectivity index (χ0n) is 7.82. The maximum absolute atomic E-state index is 5.81. The van der Waals surface area contributed by atoms with E-state index in [2.05, 4.69) is 16.0 Å². The molecule has 0 saturated heterocycles. The Kier molecular flexibility index (Phi) is 3.19. The normalized spacial score (nSPS) is 14.9. The molecule has 1 aromatic heterocycles. The van der Waals surface area contributed by atoms with Gasteiger partial charge in [0.15, 0.2) is 5.82 Å². The van der Waals surface area contributed by atoms with Crippen molar-refractivity contribution in [2.75, 3.05) is 0 Å². The molecule has 0 saturated carbocycles. The van der Waals surface area contributed by atoms with Crippen molar-refractivity contribution < 1.29 is 0 Å². The van der Waals surface area contributed by atoms with Crippen LogP contribution in [0.4, 0.5) is 0 Å². The fourth-order valence-electron chi connectivity index (χ4n) is 1.26. The third-order valence-electron chi connectivity index (χ3n) is 1.92. The van der Waals surface area contributed by atoms with Crippen LogP contribution in [0.3, 0.4) is 0 Å². The van der Waals surface area contributed by atoms with Gasteiger partial charge in [-0.15, -0.1) is 0 Å². The van der Waals surface area contributed by atoms with Crippen LogP contribution in [-0.4, -0.2) is 9.97 Å². The van der Waals surface area contributed by atoms with Gasteiger partial charge in [-0.2, -0.15) is 0 Å². The Morgan fingerprint density at radius 2 is 1.80 bits per heavy atom. The second-order valence-corrected chi connectivity index (χ2v) is 3.79. The molecule has 0 fully saturated rings. The standard InChI is InChI=1S/C11H8Cl2N2/c12-9-7-10(13)15-11(14-9)8-5-3-1-2-4-6-8/h1-3,5-7H,4H2. The van der Waals surface area contributed by atoms with Crippen LogP contribution in [-0.2, 0) is 0 Å². The highest BCUT2D eigenvalue weighted by Gasteiger charge is 2.05. The third-order valence-corrected chi connectivity index (χ3v) is 2.31. The largest absolute Gasteiger partial charge is 0.216 e. The second kappa shape index (κ2) is 4.60. The van der Waals surface area contributed by atoms with Crippen LogP contribution in [0.2, 0.25) is 10.3 Å². The van der Waals surface area contributed by atoms with Gasteiger partial charge >= 0.3 is 0 Å². The number of hydrogen-bond acceptors (Lipinski definition) is 2. The highest BCUT2D eigenvalue weighted by atomic mass is 35.5. The molecule has 76 valence electrons. The smallest absolute Gasteiger partial charge is 0.162 e. The van der Waals surface area contributed by atoms with Crippen molar-refractivity contribution in [1.82, 2.24) is 9.97 Å². The predicted octanol–water partition coefficient (Wildman–Crippen LogP) is 3.68. The molecule has 0 aliphatic heterocycles. The average Bonchev–Trinajstić information content (AvgIpc) is 2.43. The van der Waals surface area contributed by atoms with Gasteiger partial charge in [-0.25, -0.2) is 9.97 Å². The first-order chi connectivity index (χ1) is 7.25. The monoisotopic (exact) mass is 238 g/mol. The van der Waals surface area contributed by atoms with E-state index in [0.717, 1.165) is 12.0 Å². The lowest BCUT2D eigenvalue weighted by atomic mass is 10.2. The van der Waals surface area contributed by atoms with Crippen molar-refractivity contribution in [3.05, 3.63) is 52.6 Å². The fraction of sp³-hybridized carbons (Fsp3) is 0.0909. The summed E-state index contributed by atoms with van der Waals surface area (Å²) in [5.41, 5.74) is 0.935. The number of allylic oxidation sites excluding steroid dienone is 6. The minimum Gasteiger partial charge on any atom is -0.216 e. The van der Waals surface area contributed by atoms with Crippen LogP contribution in [0.25, 0.3) is 5.57 Å². The van der Waals surface area contributed by atoms with Gasteiger partial charge in [0.2, 0.25) is 0 Å². The number of aromatic nitrogens is 2. The molecular weight excluding hydrogens is 231 g/mol. The molecular formula is C11H8Cl2N2. The lowest BCUT2D eigenvalue weighted by Gasteiger charge is -2.01. The van der Waals surface area contributed by atoms with Crippen molar-refractivity contribution >= 4 is 28.8 Å². The quantitative estimate of drug-likeness (QED) is 0.698. The minimum absolute atomic E-state index is 0.358. The molecule has 0 unspecified atom stereocenters. The molecule has 0 spiro atoms. The first-order valence-corrected chi connectivity index (χ1v) is 5.25. The highest BCUT2D eigenvalue weighted by Crippen LogP contribution is 2.19. The fourth-order valence-corrected chi connectivity index (χ4v) is 1.69. The van der Waals surface area contributed by atoms with Gasteiger partial charge in [-0.1, -0.05) is 53.6 Å². The van der Waals surface area contributed by atoms with E-state index in [1.54, 1.807) is 0 Å². The lowest BCUT2D eigenvalue weighted by Crippen LogP contribution is -1.93. The van der Waals surface area contributed by atoms with Crippen molar-refractivity contribution in [3.63, 3.8) is 0 Å². The summed E-state index contributed by atoms with van der Waals surface area (Å²) in [5.74, 6) is 0.562. The van der Waals surface area contributed by atoms with E-state index >= 15 is 0 Å². The van der Waals surface area contributed by atoms with Gasteiger partial charge in [0.05, 0.1) is 0 Å². The van der Waals surface area contributed by atoms with Crippen LogP contribution >= 0.6 is 23.2 Å². The number of rotatable bonds is 1. The Balaban J connectivity index is 2.41. The average molecular weight is 239 g/mol. The van der Waals surface area contributed by atoms with Crippen LogP contribution < -0.4 is 0 Å². The minimum atomic E-state index is 0.358. The summed E-state index contributed by atoms with van der Waals surface area (Å²) in [5, 5.41) is 0.716. The summed E-state index contributed by atoms with van der Waals surface area (Å²) in [7, 11) is 0. The molecule has 0 radical (unpaired) electrons. The van der Waals surface area contributed by atoms with E-state index < -0.39 is 0 Å². The topological polar surface area (TPSA) is 25.8 Å². The zero-order valence-corrected chi connectivity index (χ0v) is 9.33. The third kappa shape index (κ3) is 2.67. The van der Waals surface area contributed by atoms with Gasteiger partial charge in [0.1, 0.15) is 10.3 Å². The highest BCUT2D eigenvalue weighted by molar-refractivity contribution is 6.33. The lowest BCUT2D eigenvalue weighted by molar-refractivity contribution is 1.12. The van der Waals surface area contributed by atoms with Crippen molar-refractivity contribution in [3.8, 4) is 0 Å². The van der Waals surface area contributed by atoms with Gasteiger partial charge in [-0.3, -0.25) is 0 Å². The molecule has 0 atom stereocenters. The summed E-state index contributed by atoms with van der Waals surface area (Å²) in [6.07, 6.45) is 10.8. The van der Waals surface area contributed by atoms with E-state index in [0.29, 0.717) is 16.1 Å². The van der Waals surface area contributed by atoms with Crippen molar-refractivity contribution in [1.29, 1.82) is 0 Å². The summed E-state index contributed by atoms with van der Waals surface area (Å²) < 4.78 is 0. The summed E-state index contributed by atoms with van der Waals surface area (Å²) in [6.45, 7) is 0. The number of hydrogen-bond donors (Lipinski definition) is 0. The molecule has 1 heterocycles. The molecule has 2 nitrogen and oxygen atoms in total. The van der Waals surface area contributed by atoms with Crippen LogP contribution in [0.15, 0.2) is 36.4 Å². The maximum Gasteiger partial charge on any atom is 0.162 e. The van der Waals surface area contributed by atoms with Crippen LogP contribution in [0.5, 0.6) is 0 Å². The molecule has 1 aromatic rings. The van der Waals surface area contributed by atoms with Gasteiger partial charge in [0.25, 0.3) is 0 Å². The van der Waals surface area contributed by atoms with E-state index in [1.165, 1.54) is 6.07 Å². The van der Waals surface area contributed by atoms with Crippen LogP contribution in [0.1, 0.15) is 12.2 Å². The molecule has 0 aromatic carbocycles. The van der Waals surface area contributed by atoms with Gasteiger partial charge in [0, 0.05) is 11.6 Å². The molecule has 0 amide bonds. The molecule has 0 N–H and O–H groups in total. The molecule has 0 bridgehead atoms. The predicted molar refractivity (Wildman–Crippen MR) is 62.9 cm³/mol. The van der Waals surface area contributed by atoms with Crippen molar-refractivity contribution in [2.45, 2.75) is 6.42 Å². The van der Waals surface area contributed by atoms with E-state index in [9.17, 15) is 0 Å². The molecule has 15 heavy (non-hydrogen) atoms. The summed E-state index contributed by atoms with van der Waals surface area (Å²) in [6, 6.07) is 1.52. The first kappa shape index (κ1) is 10.4. The maximum atomic E-state index is 5.81. The Bertz CT molecular complexity index is 441.